The molecule has 1 aliphatic carbocycles. The fourth-order valence-corrected chi connectivity index (χ4v) is 2.37. The zero-order valence-corrected chi connectivity index (χ0v) is 12.7. The third-order valence-electron chi connectivity index (χ3n) is 3.54. The van der Waals surface area contributed by atoms with Crippen molar-refractivity contribution in [1.29, 1.82) is 0 Å². The first kappa shape index (κ1) is 14.5. The summed E-state index contributed by atoms with van der Waals surface area (Å²) in [5.41, 5.74) is 4.30. The van der Waals surface area contributed by atoms with Gasteiger partial charge < -0.3 is 4.74 Å². The number of aromatic nitrogens is 1. The zero-order chi connectivity index (χ0) is 14.5. The van der Waals surface area contributed by atoms with Crippen LogP contribution in [0.2, 0.25) is 0 Å². The third kappa shape index (κ3) is 3.35. The van der Waals surface area contributed by atoms with Crippen molar-refractivity contribution >= 4 is 5.71 Å². The van der Waals surface area contributed by atoms with Crippen molar-refractivity contribution in [2.45, 2.75) is 27.2 Å². The summed E-state index contributed by atoms with van der Waals surface area (Å²) in [6.07, 6.45) is 9.49. The van der Waals surface area contributed by atoms with Gasteiger partial charge in [0.05, 0.1) is 5.56 Å². The molecule has 1 atom stereocenters. The van der Waals surface area contributed by atoms with Gasteiger partial charge in [0.2, 0.25) is 5.88 Å². The Balaban J connectivity index is 2.18. The van der Waals surface area contributed by atoms with E-state index in [4.69, 9.17) is 4.74 Å². The molecule has 0 fully saturated rings. The van der Waals surface area contributed by atoms with E-state index in [-0.39, 0.29) is 0 Å². The van der Waals surface area contributed by atoms with E-state index in [0.717, 1.165) is 23.3 Å². The second kappa shape index (κ2) is 6.51. The van der Waals surface area contributed by atoms with E-state index >= 15 is 0 Å². The first-order chi connectivity index (χ1) is 9.61. The van der Waals surface area contributed by atoms with E-state index in [9.17, 15) is 0 Å². The van der Waals surface area contributed by atoms with E-state index in [2.05, 4.69) is 42.1 Å². The number of pyridine rings is 1. The van der Waals surface area contributed by atoms with E-state index in [1.807, 2.05) is 13.0 Å². The van der Waals surface area contributed by atoms with E-state index in [1.165, 1.54) is 5.57 Å². The maximum atomic E-state index is 5.92. The number of rotatable bonds is 4. The lowest BCUT2D eigenvalue weighted by atomic mass is 9.98. The number of aliphatic imine (C=N–C) groups is 1. The monoisotopic (exact) mass is 270 g/mol. The molecule has 1 aromatic heterocycles. The van der Waals surface area contributed by atoms with Crippen LogP contribution in [0.1, 0.15) is 31.4 Å². The summed E-state index contributed by atoms with van der Waals surface area (Å²) >= 11 is 0. The Bertz CT molecular complexity index is 570. The molecule has 106 valence electrons. The number of allylic oxidation sites excluding steroid dienone is 2. The second-order valence-corrected chi connectivity index (χ2v) is 5.26. The molecule has 0 saturated heterocycles. The lowest BCUT2D eigenvalue weighted by Gasteiger charge is -2.15. The molecule has 3 heteroatoms. The number of aryl methyl sites for hydroxylation is 1. The van der Waals surface area contributed by atoms with Crippen molar-refractivity contribution < 1.29 is 4.74 Å². The summed E-state index contributed by atoms with van der Waals surface area (Å²) in [5, 5.41) is 0. The Hall–Kier alpha value is -1.90. The molecule has 1 aromatic rings. The first-order valence-corrected chi connectivity index (χ1v) is 7.01. The number of hydrogen-bond acceptors (Lipinski definition) is 3. The van der Waals surface area contributed by atoms with Crippen molar-refractivity contribution in [1.82, 2.24) is 4.98 Å². The topological polar surface area (TPSA) is 34.5 Å². The molecular weight excluding hydrogens is 248 g/mol. The Morgan fingerprint density at radius 2 is 2.30 bits per heavy atom. The van der Waals surface area contributed by atoms with E-state index in [0.29, 0.717) is 18.4 Å². The van der Waals surface area contributed by atoms with Gasteiger partial charge in [0.25, 0.3) is 0 Å². The molecule has 1 unspecified atom stereocenters. The van der Waals surface area contributed by atoms with Crippen LogP contribution in [-0.2, 0) is 0 Å². The van der Waals surface area contributed by atoms with Gasteiger partial charge in [-0.3, -0.25) is 4.99 Å². The standard InChI is InChI=1S/C17H22N2O/c1-12-6-5-7-15(10-12)11-20-17-16(14(3)18-4)13(2)8-9-19-17/h5,7-10,12H,6,11H2,1-4H3. The smallest absolute Gasteiger partial charge is 0.223 e. The van der Waals surface area contributed by atoms with Gasteiger partial charge in [-0.05, 0) is 43.4 Å². The predicted octanol–water partition coefficient (Wildman–Crippen LogP) is 3.73. The molecular formula is C17H22N2O. The summed E-state index contributed by atoms with van der Waals surface area (Å²) in [5.74, 6) is 1.25. The van der Waals surface area contributed by atoms with Crippen molar-refractivity contribution in [3.63, 3.8) is 0 Å². The van der Waals surface area contributed by atoms with E-state index in [1.54, 1.807) is 13.2 Å². The first-order valence-electron chi connectivity index (χ1n) is 7.01. The highest BCUT2D eigenvalue weighted by atomic mass is 16.5. The van der Waals surface area contributed by atoms with Crippen LogP contribution in [0, 0.1) is 12.8 Å². The molecule has 0 aliphatic heterocycles. The van der Waals surface area contributed by atoms with Gasteiger partial charge >= 0.3 is 0 Å². The van der Waals surface area contributed by atoms with Gasteiger partial charge in [-0.1, -0.05) is 25.2 Å². The Labute approximate surface area is 121 Å². The minimum Gasteiger partial charge on any atom is -0.472 e. The van der Waals surface area contributed by atoms with Crippen LogP contribution in [0.25, 0.3) is 0 Å². The predicted molar refractivity (Wildman–Crippen MR) is 83.6 cm³/mol. The molecule has 0 N–H and O–H groups in total. The average Bonchev–Trinajstić information content (AvgIpc) is 2.44. The van der Waals surface area contributed by atoms with Crippen LogP contribution in [0.5, 0.6) is 5.88 Å². The normalized spacial score (nSPS) is 18.9. The molecule has 1 aliphatic rings. The SMILES string of the molecule is CN=C(C)c1c(C)ccnc1OCC1=CC(C)CC=C1. The minimum absolute atomic E-state index is 0.557. The molecule has 0 spiro atoms. The molecule has 0 saturated carbocycles. The minimum atomic E-state index is 0.557. The van der Waals surface area contributed by atoms with Crippen molar-refractivity contribution in [3.05, 3.63) is 47.2 Å². The maximum Gasteiger partial charge on any atom is 0.223 e. The summed E-state index contributed by atoms with van der Waals surface area (Å²) in [4.78, 5) is 8.61. The van der Waals surface area contributed by atoms with Crippen molar-refractivity contribution in [2.24, 2.45) is 10.9 Å². The number of hydrogen-bond donors (Lipinski definition) is 0. The highest BCUT2D eigenvalue weighted by Crippen LogP contribution is 2.22. The van der Waals surface area contributed by atoms with Crippen molar-refractivity contribution in [3.8, 4) is 5.88 Å². The van der Waals surface area contributed by atoms with Gasteiger partial charge in [-0.25, -0.2) is 4.98 Å². The van der Waals surface area contributed by atoms with Crippen molar-refractivity contribution in [2.75, 3.05) is 13.7 Å². The largest absolute Gasteiger partial charge is 0.472 e. The summed E-state index contributed by atoms with van der Waals surface area (Å²) < 4.78 is 5.92. The summed E-state index contributed by atoms with van der Waals surface area (Å²) in [7, 11) is 1.79. The highest BCUT2D eigenvalue weighted by molar-refractivity contribution is 6.01. The quantitative estimate of drug-likeness (QED) is 0.781. The lowest BCUT2D eigenvalue weighted by Crippen LogP contribution is -2.09. The summed E-state index contributed by atoms with van der Waals surface area (Å²) in [6.45, 7) is 6.81. The Kier molecular flexibility index (Phi) is 4.72. The van der Waals surface area contributed by atoms with Crippen LogP contribution in [0.3, 0.4) is 0 Å². The Morgan fingerprint density at radius 3 is 3.00 bits per heavy atom. The Morgan fingerprint density at radius 1 is 1.50 bits per heavy atom. The molecule has 0 aromatic carbocycles. The van der Waals surface area contributed by atoms with Crippen LogP contribution < -0.4 is 4.74 Å². The molecule has 1 heterocycles. The fraction of sp³-hybridized carbons (Fsp3) is 0.412. The fourth-order valence-electron chi connectivity index (χ4n) is 2.37. The van der Waals surface area contributed by atoms with Gasteiger partial charge in [0, 0.05) is 19.0 Å². The zero-order valence-electron chi connectivity index (χ0n) is 12.7. The second-order valence-electron chi connectivity index (χ2n) is 5.26. The van der Waals surface area contributed by atoms with E-state index < -0.39 is 0 Å². The summed E-state index contributed by atoms with van der Waals surface area (Å²) in [6, 6.07) is 1.98. The van der Waals surface area contributed by atoms with Crippen LogP contribution >= 0.6 is 0 Å². The van der Waals surface area contributed by atoms with Crippen LogP contribution in [0.15, 0.2) is 41.1 Å². The third-order valence-corrected chi connectivity index (χ3v) is 3.54. The van der Waals surface area contributed by atoms with Gasteiger partial charge in [-0.15, -0.1) is 0 Å². The lowest BCUT2D eigenvalue weighted by molar-refractivity contribution is 0.339. The number of ether oxygens (including phenoxy) is 1. The molecule has 0 radical (unpaired) electrons. The molecule has 2 rings (SSSR count). The van der Waals surface area contributed by atoms with Crippen LogP contribution in [0.4, 0.5) is 0 Å². The maximum absolute atomic E-state index is 5.92. The van der Waals surface area contributed by atoms with Crippen LogP contribution in [-0.4, -0.2) is 24.4 Å². The van der Waals surface area contributed by atoms with Gasteiger partial charge in [0.1, 0.15) is 6.61 Å². The number of nitrogens with zero attached hydrogens (tertiary/aromatic N) is 2. The molecule has 20 heavy (non-hydrogen) atoms. The molecule has 0 bridgehead atoms. The molecule has 3 nitrogen and oxygen atoms in total. The van der Waals surface area contributed by atoms with Gasteiger partial charge in [0.15, 0.2) is 0 Å². The van der Waals surface area contributed by atoms with Gasteiger partial charge in [-0.2, -0.15) is 0 Å². The average molecular weight is 270 g/mol. The molecule has 0 amide bonds. The highest BCUT2D eigenvalue weighted by Gasteiger charge is 2.12.